The van der Waals surface area contributed by atoms with Gasteiger partial charge in [-0.05, 0) is 61.0 Å². The van der Waals surface area contributed by atoms with Crippen molar-refractivity contribution in [2.45, 2.75) is 64.8 Å². The lowest BCUT2D eigenvalue weighted by Gasteiger charge is -2.29. The molecule has 2 nitrogen and oxygen atoms in total. The van der Waals surface area contributed by atoms with Gasteiger partial charge in [0, 0.05) is 12.2 Å². The van der Waals surface area contributed by atoms with Crippen LogP contribution in [0.15, 0.2) is 18.3 Å². The van der Waals surface area contributed by atoms with Crippen LogP contribution in [0, 0.1) is 17.8 Å². The molecule has 2 heteroatoms. The van der Waals surface area contributed by atoms with Gasteiger partial charge in [-0.1, -0.05) is 33.3 Å². The van der Waals surface area contributed by atoms with Crippen LogP contribution in [0.1, 0.15) is 58.9 Å². The lowest BCUT2D eigenvalue weighted by Crippen LogP contribution is -2.30. The molecule has 0 aromatic carbocycles. The van der Waals surface area contributed by atoms with Crippen molar-refractivity contribution in [1.82, 2.24) is 4.98 Å². The number of hydrogen-bond acceptors (Lipinski definition) is 2. The van der Waals surface area contributed by atoms with Crippen molar-refractivity contribution in [2.75, 3.05) is 5.32 Å². The topological polar surface area (TPSA) is 24.9 Å². The van der Waals surface area contributed by atoms with Gasteiger partial charge in [0.2, 0.25) is 0 Å². The van der Waals surface area contributed by atoms with Gasteiger partial charge >= 0.3 is 0 Å². The highest BCUT2D eigenvalue weighted by molar-refractivity contribution is 5.38. The smallest absolute Gasteiger partial charge is 0.126 e. The standard InChI is InChI=1S/C18H28N2/c1-12(16-10-13-5-6-14(16)9-13)20-17-8-7-15(11-19-17)18(2,3)4/h7-8,11-14,16H,5-6,9-10H2,1-4H3,(H,19,20). The molecule has 1 aromatic heterocycles. The highest BCUT2D eigenvalue weighted by atomic mass is 15.0. The van der Waals surface area contributed by atoms with E-state index < -0.39 is 0 Å². The minimum Gasteiger partial charge on any atom is -0.367 e. The first-order chi connectivity index (χ1) is 9.43. The van der Waals surface area contributed by atoms with Crippen molar-refractivity contribution in [1.29, 1.82) is 0 Å². The van der Waals surface area contributed by atoms with E-state index in [1.54, 1.807) is 0 Å². The van der Waals surface area contributed by atoms with Crippen LogP contribution < -0.4 is 5.32 Å². The lowest BCUT2D eigenvalue weighted by molar-refractivity contribution is 0.304. The molecule has 3 rings (SSSR count). The minimum absolute atomic E-state index is 0.182. The zero-order valence-corrected chi connectivity index (χ0v) is 13.3. The van der Waals surface area contributed by atoms with Crippen LogP contribution >= 0.6 is 0 Å². The molecule has 0 aliphatic heterocycles. The van der Waals surface area contributed by atoms with E-state index in [1.165, 1.54) is 31.2 Å². The molecule has 0 amide bonds. The highest BCUT2D eigenvalue weighted by Gasteiger charge is 2.41. The zero-order chi connectivity index (χ0) is 14.3. The van der Waals surface area contributed by atoms with Crippen molar-refractivity contribution in [3.05, 3.63) is 23.9 Å². The van der Waals surface area contributed by atoms with Crippen LogP contribution in [0.3, 0.4) is 0 Å². The van der Waals surface area contributed by atoms with Crippen molar-refractivity contribution in [3.8, 4) is 0 Å². The van der Waals surface area contributed by atoms with Gasteiger partial charge in [0.1, 0.15) is 5.82 Å². The number of nitrogens with zero attached hydrogens (tertiary/aromatic N) is 1. The van der Waals surface area contributed by atoms with Gasteiger partial charge in [-0.2, -0.15) is 0 Å². The molecule has 0 spiro atoms. The number of anilines is 1. The normalized spacial score (nSPS) is 30.5. The van der Waals surface area contributed by atoms with Crippen LogP contribution in [0.2, 0.25) is 0 Å². The Morgan fingerprint density at radius 3 is 2.50 bits per heavy atom. The van der Waals surface area contributed by atoms with Crippen molar-refractivity contribution >= 4 is 5.82 Å². The Morgan fingerprint density at radius 1 is 1.20 bits per heavy atom. The van der Waals surface area contributed by atoms with E-state index in [0.717, 1.165) is 23.6 Å². The molecule has 2 fully saturated rings. The molecule has 110 valence electrons. The largest absolute Gasteiger partial charge is 0.367 e. The van der Waals surface area contributed by atoms with Gasteiger partial charge in [-0.3, -0.25) is 0 Å². The van der Waals surface area contributed by atoms with E-state index in [1.807, 2.05) is 6.20 Å². The molecule has 4 unspecified atom stereocenters. The number of aromatic nitrogens is 1. The average Bonchev–Trinajstić information content (AvgIpc) is 3.00. The van der Waals surface area contributed by atoms with Crippen molar-refractivity contribution < 1.29 is 0 Å². The molecule has 1 aromatic rings. The summed E-state index contributed by atoms with van der Waals surface area (Å²) in [6.07, 6.45) is 7.87. The van der Waals surface area contributed by atoms with Crippen LogP contribution in [-0.4, -0.2) is 11.0 Å². The van der Waals surface area contributed by atoms with E-state index >= 15 is 0 Å². The van der Waals surface area contributed by atoms with Crippen LogP contribution in [0.4, 0.5) is 5.82 Å². The summed E-state index contributed by atoms with van der Waals surface area (Å²) in [4.78, 5) is 4.61. The van der Waals surface area contributed by atoms with Crippen molar-refractivity contribution in [3.63, 3.8) is 0 Å². The van der Waals surface area contributed by atoms with Crippen LogP contribution in [0.25, 0.3) is 0 Å². The molecule has 1 N–H and O–H groups in total. The molecule has 0 radical (unpaired) electrons. The summed E-state index contributed by atoms with van der Waals surface area (Å²) >= 11 is 0. The number of nitrogens with one attached hydrogen (secondary N) is 1. The monoisotopic (exact) mass is 272 g/mol. The van der Waals surface area contributed by atoms with E-state index in [0.29, 0.717) is 6.04 Å². The molecule has 2 saturated carbocycles. The minimum atomic E-state index is 0.182. The summed E-state index contributed by atoms with van der Waals surface area (Å²) in [6, 6.07) is 4.91. The van der Waals surface area contributed by atoms with E-state index in [-0.39, 0.29) is 5.41 Å². The Kier molecular flexibility index (Phi) is 3.51. The SMILES string of the molecule is CC(Nc1ccc(C(C)(C)C)cn1)C1CC2CCC1C2. The van der Waals surface area contributed by atoms with E-state index in [2.05, 4.69) is 50.1 Å². The first-order valence-corrected chi connectivity index (χ1v) is 8.16. The molecule has 4 atom stereocenters. The molecule has 1 heterocycles. The Balaban J connectivity index is 1.63. The fourth-order valence-electron chi connectivity index (χ4n) is 4.17. The van der Waals surface area contributed by atoms with Crippen LogP contribution in [0.5, 0.6) is 0 Å². The van der Waals surface area contributed by atoms with Gasteiger partial charge in [-0.25, -0.2) is 4.98 Å². The lowest BCUT2D eigenvalue weighted by atomic mass is 9.84. The molecular weight excluding hydrogens is 244 g/mol. The molecule has 20 heavy (non-hydrogen) atoms. The number of pyridine rings is 1. The molecule has 0 saturated heterocycles. The second-order valence-corrected chi connectivity index (χ2v) is 7.95. The molecule has 2 bridgehead atoms. The Labute approximate surface area is 123 Å². The summed E-state index contributed by atoms with van der Waals surface area (Å²) in [5.74, 6) is 3.88. The average molecular weight is 272 g/mol. The van der Waals surface area contributed by atoms with Gasteiger partial charge < -0.3 is 5.32 Å². The summed E-state index contributed by atoms with van der Waals surface area (Å²) in [6.45, 7) is 9.03. The third-order valence-electron chi connectivity index (χ3n) is 5.44. The molecular formula is C18H28N2. The predicted molar refractivity (Wildman–Crippen MR) is 85.0 cm³/mol. The quantitative estimate of drug-likeness (QED) is 0.868. The summed E-state index contributed by atoms with van der Waals surface area (Å²) in [5, 5.41) is 3.64. The van der Waals surface area contributed by atoms with Gasteiger partial charge in [0.05, 0.1) is 0 Å². The van der Waals surface area contributed by atoms with E-state index in [9.17, 15) is 0 Å². The maximum Gasteiger partial charge on any atom is 0.126 e. The summed E-state index contributed by atoms with van der Waals surface area (Å²) in [5.41, 5.74) is 1.48. The third-order valence-corrected chi connectivity index (χ3v) is 5.44. The molecule has 2 aliphatic rings. The highest BCUT2D eigenvalue weighted by Crippen LogP contribution is 2.49. The van der Waals surface area contributed by atoms with Gasteiger partial charge in [0.25, 0.3) is 0 Å². The van der Waals surface area contributed by atoms with E-state index in [4.69, 9.17) is 0 Å². The second-order valence-electron chi connectivity index (χ2n) is 7.95. The first kappa shape index (κ1) is 13.9. The van der Waals surface area contributed by atoms with Gasteiger partial charge in [-0.15, -0.1) is 0 Å². The summed E-state index contributed by atoms with van der Waals surface area (Å²) < 4.78 is 0. The van der Waals surface area contributed by atoms with Gasteiger partial charge in [0.15, 0.2) is 0 Å². The molecule has 2 aliphatic carbocycles. The van der Waals surface area contributed by atoms with Crippen molar-refractivity contribution in [2.24, 2.45) is 17.8 Å². The maximum absolute atomic E-state index is 4.61. The Bertz CT molecular complexity index is 457. The fraction of sp³-hybridized carbons (Fsp3) is 0.722. The number of hydrogen-bond donors (Lipinski definition) is 1. The predicted octanol–water partition coefficient (Wildman–Crippen LogP) is 4.62. The maximum atomic E-state index is 4.61. The zero-order valence-electron chi connectivity index (χ0n) is 13.3. The number of rotatable bonds is 3. The summed E-state index contributed by atoms with van der Waals surface area (Å²) in [7, 11) is 0. The Hall–Kier alpha value is -1.05. The fourth-order valence-corrected chi connectivity index (χ4v) is 4.17. The number of fused-ring (bicyclic) bond motifs is 2. The van der Waals surface area contributed by atoms with Crippen LogP contribution in [-0.2, 0) is 5.41 Å². The second kappa shape index (κ2) is 5.05. The Morgan fingerprint density at radius 2 is 2.00 bits per heavy atom. The first-order valence-electron chi connectivity index (χ1n) is 8.16. The third kappa shape index (κ3) is 2.70.